The second-order valence-electron chi connectivity index (χ2n) is 6.13. The van der Waals surface area contributed by atoms with Crippen molar-refractivity contribution in [1.82, 2.24) is 10.2 Å². The number of rotatable bonds is 5. The lowest BCUT2D eigenvalue weighted by Gasteiger charge is -2.25. The van der Waals surface area contributed by atoms with Crippen molar-refractivity contribution in [1.29, 1.82) is 0 Å². The minimum atomic E-state index is -0.605. The first kappa shape index (κ1) is 17.9. The van der Waals surface area contributed by atoms with Crippen LogP contribution in [-0.4, -0.2) is 57.2 Å². The number of hydrogen-bond donors (Lipinski definition) is 1. The van der Waals surface area contributed by atoms with Gasteiger partial charge < -0.3 is 24.4 Å². The molecule has 24 heavy (non-hydrogen) atoms. The van der Waals surface area contributed by atoms with Crippen molar-refractivity contribution in [2.75, 3.05) is 34.4 Å². The highest BCUT2D eigenvalue weighted by atomic mass is 16.6. The van der Waals surface area contributed by atoms with Crippen LogP contribution >= 0.6 is 0 Å². The van der Waals surface area contributed by atoms with Gasteiger partial charge in [0, 0.05) is 19.7 Å². The molecule has 0 radical (unpaired) electrons. The lowest BCUT2D eigenvalue weighted by Crippen LogP contribution is -2.49. The summed E-state index contributed by atoms with van der Waals surface area (Å²) < 4.78 is 16.3. The van der Waals surface area contributed by atoms with Crippen LogP contribution in [0.3, 0.4) is 0 Å². The molecule has 1 heterocycles. The van der Waals surface area contributed by atoms with Gasteiger partial charge in [0.25, 0.3) is 5.91 Å². The molecular weight excluding hydrogens is 312 g/mol. The zero-order chi connectivity index (χ0) is 17.9. The van der Waals surface area contributed by atoms with Crippen LogP contribution in [0.5, 0.6) is 17.2 Å². The number of amides is 2. The predicted octanol–water partition coefficient (Wildman–Crippen LogP) is 1.31. The molecule has 1 aliphatic rings. The number of nitrogens with zero attached hydrogens (tertiary/aromatic N) is 1. The Morgan fingerprint density at radius 1 is 1.21 bits per heavy atom. The molecule has 7 nitrogen and oxygen atoms in total. The summed E-state index contributed by atoms with van der Waals surface area (Å²) in [6, 6.07) is 2.58. The zero-order valence-electron chi connectivity index (χ0n) is 14.7. The maximum Gasteiger partial charge on any atom is 0.252 e. The van der Waals surface area contributed by atoms with Gasteiger partial charge in [-0.1, -0.05) is 13.8 Å². The molecule has 1 N–H and O–H groups in total. The van der Waals surface area contributed by atoms with Gasteiger partial charge in [0.05, 0.1) is 7.11 Å². The number of hydrogen-bond acceptors (Lipinski definition) is 5. The van der Waals surface area contributed by atoms with Gasteiger partial charge in [-0.25, -0.2) is 0 Å². The summed E-state index contributed by atoms with van der Waals surface area (Å²) in [5.41, 5.74) is 0.355. The highest BCUT2D eigenvalue weighted by molar-refractivity contribution is 5.98. The third kappa shape index (κ3) is 3.72. The Morgan fingerprint density at radius 3 is 2.46 bits per heavy atom. The molecule has 7 heteroatoms. The summed E-state index contributed by atoms with van der Waals surface area (Å²) in [6.07, 6.45) is 0. The van der Waals surface area contributed by atoms with E-state index in [1.807, 2.05) is 13.8 Å². The molecule has 0 aromatic heterocycles. The van der Waals surface area contributed by atoms with E-state index >= 15 is 0 Å². The van der Waals surface area contributed by atoms with Crippen LogP contribution < -0.4 is 19.5 Å². The average molecular weight is 336 g/mol. The minimum absolute atomic E-state index is 0.0389. The number of ether oxygens (including phenoxy) is 3. The third-order valence-corrected chi connectivity index (χ3v) is 3.75. The number of carbonyl (C=O) groups is 2. The van der Waals surface area contributed by atoms with Crippen LogP contribution in [0.15, 0.2) is 12.1 Å². The first-order valence-corrected chi connectivity index (χ1v) is 7.84. The van der Waals surface area contributed by atoms with Gasteiger partial charge in [-0.05, 0) is 18.1 Å². The van der Waals surface area contributed by atoms with E-state index in [1.165, 1.54) is 12.0 Å². The number of likely N-dealkylation sites (N-methyl/N-ethyl adjacent to an activating group) is 1. The molecule has 0 fully saturated rings. The standard InChI is InChI=1S/C17H24N2O5/c1-10(2)14(17(21)19(3)4)18-16(20)11-8-12(22-5)15-13(9-11)23-6-7-24-15/h8-10,14H,6-7H2,1-5H3,(H,18,20). The van der Waals surface area contributed by atoms with Crippen molar-refractivity contribution in [2.24, 2.45) is 5.92 Å². The van der Waals surface area contributed by atoms with E-state index in [0.29, 0.717) is 36.0 Å². The number of fused-ring (bicyclic) bond motifs is 1. The first-order valence-electron chi connectivity index (χ1n) is 7.84. The van der Waals surface area contributed by atoms with E-state index in [1.54, 1.807) is 26.2 Å². The fourth-order valence-corrected chi connectivity index (χ4v) is 2.42. The Hall–Kier alpha value is -2.44. The fraction of sp³-hybridized carbons (Fsp3) is 0.529. The average Bonchev–Trinajstić information content (AvgIpc) is 2.57. The van der Waals surface area contributed by atoms with E-state index in [4.69, 9.17) is 14.2 Å². The Morgan fingerprint density at radius 2 is 1.88 bits per heavy atom. The van der Waals surface area contributed by atoms with Crippen molar-refractivity contribution in [2.45, 2.75) is 19.9 Å². The van der Waals surface area contributed by atoms with Crippen molar-refractivity contribution in [3.63, 3.8) is 0 Å². The van der Waals surface area contributed by atoms with E-state index in [-0.39, 0.29) is 17.7 Å². The normalized spacial score (nSPS) is 14.1. The lowest BCUT2D eigenvalue weighted by molar-refractivity contribution is -0.131. The Kier molecular flexibility index (Phi) is 5.54. The highest BCUT2D eigenvalue weighted by Crippen LogP contribution is 2.40. The van der Waals surface area contributed by atoms with Gasteiger partial charge in [0.2, 0.25) is 11.7 Å². The summed E-state index contributed by atoms with van der Waals surface area (Å²) in [7, 11) is 4.83. The molecule has 1 unspecified atom stereocenters. The van der Waals surface area contributed by atoms with Crippen LogP contribution in [0, 0.1) is 5.92 Å². The van der Waals surface area contributed by atoms with Crippen molar-refractivity contribution < 1.29 is 23.8 Å². The van der Waals surface area contributed by atoms with Crippen molar-refractivity contribution in [3.05, 3.63) is 17.7 Å². The monoisotopic (exact) mass is 336 g/mol. The Balaban J connectivity index is 2.27. The molecule has 1 atom stereocenters. The molecular formula is C17H24N2O5. The molecule has 132 valence electrons. The van der Waals surface area contributed by atoms with Gasteiger partial charge in [0.15, 0.2) is 11.5 Å². The highest BCUT2D eigenvalue weighted by Gasteiger charge is 2.27. The molecule has 2 amide bonds. The summed E-state index contributed by atoms with van der Waals surface area (Å²) in [5, 5.41) is 2.79. The molecule has 0 saturated heterocycles. The van der Waals surface area contributed by atoms with E-state index in [0.717, 1.165) is 0 Å². The zero-order valence-corrected chi connectivity index (χ0v) is 14.7. The molecule has 1 aromatic rings. The smallest absolute Gasteiger partial charge is 0.252 e. The van der Waals surface area contributed by atoms with Crippen molar-refractivity contribution in [3.8, 4) is 17.2 Å². The molecule has 0 aliphatic carbocycles. The van der Waals surface area contributed by atoms with Crippen LogP contribution in [0.4, 0.5) is 0 Å². The number of carbonyl (C=O) groups excluding carboxylic acids is 2. The molecule has 0 saturated carbocycles. The van der Waals surface area contributed by atoms with Crippen LogP contribution in [-0.2, 0) is 4.79 Å². The third-order valence-electron chi connectivity index (χ3n) is 3.75. The van der Waals surface area contributed by atoms with Crippen LogP contribution in [0.2, 0.25) is 0 Å². The number of nitrogens with one attached hydrogen (secondary N) is 1. The predicted molar refractivity (Wildman–Crippen MR) is 88.8 cm³/mol. The quantitative estimate of drug-likeness (QED) is 0.877. The van der Waals surface area contributed by atoms with Crippen LogP contribution in [0.25, 0.3) is 0 Å². The van der Waals surface area contributed by atoms with Gasteiger partial charge in [0.1, 0.15) is 19.3 Å². The first-order chi connectivity index (χ1) is 11.3. The molecule has 1 aliphatic heterocycles. The topological polar surface area (TPSA) is 77.1 Å². The SMILES string of the molecule is COc1cc(C(=O)NC(C(=O)N(C)C)C(C)C)cc2c1OCCO2. The number of methoxy groups -OCH3 is 1. The molecule has 0 bridgehead atoms. The molecule has 0 spiro atoms. The summed E-state index contributed by atoms with van der Waals surface area (Å²) in [5.74, 6) is 0.832. The fourth-order valence-electron chi connectivity index (χ4n) is 2.42. The largest absolute Gasteiger partial charge is 0.493 e. The van der Waals surface area contributed by atoms with E-state index in [9.17, 15) is 9.59 Å². The van der Waals surface area contributed by atoms with Gasteiger partial charge in [-0.3, -0.25) is 9.59 Å². The summed E-state index contributed by atoms with van der Waals surface area (Å²) in [4.78, 5) is 26.3. The van der Waals surface area contributed by atoms with Gasteiger partial charge >= 0.3 is 0 Å². The summed E-state index contributed by atoms with van der Waals surface area (Å²) in [6.45, 7) is 4.62. The maximum atomic E-state index is 12.6. The van der Waals surface area contributed by atoms with Gasteiger partial charge in [-0.15, -0.1) is 0 Å². The second-order valence-corrected chi connectivity index (χ2v) is 6.13. The van der Waals surface area contributed by atoms with E-state index in [2.05, 4.69) is 5.32 Å². The summed E-state index contributed by atoms with van der Waals surface area (Å²) >= 11 is 0. The minimum Gasteiger partial charge on any atom is -0.493 e. The Bertz CT molecular complexity index is 610. The van der Waals surface area contributed by atoms with E-state index < -0.39 is 6.04 Å². The maximum absolute atomic E-state index is 12.6. The Labute approximate surface area is 141 Å². The lowest BCUT2D eigenvalue weighted by atomic mass is 10.0. The number of benzene rings is 1. The molecule has 2 rings (SSSR count). The molecule has 1 aromatic carbocycles. The second kappa shape index (κ2) is 7.42. The van der Waals surface area contributed by atoms with Crippen molar-refractivity contribution >= 4 is 11.8 Å². The van der Waals surface area contributed by atoms with Crippen LogP contribution in [0.1, 0.15) is 24.2 Å². The van der Waals surface area contributed by atoms with Gasteiger partial charge in [-0.2, -0.15) is 0 Å².